The number of hydrogen-bond donors (Lipinski definition) is 1. The number of aromatic nitrogens is 3. The molecule has 7 heteroatoms. The number of hydrogen-bond acceptors (Lipinski definition) is 6. The zero-order chi connectivity index (χ0) is 20.3. The number of carbonyl (C=O) groups excluding carboxylic acids is 1. The van der Waals surface area contributed by atoms with Gasteiger partial charge in [-0.1, -0.05) is 49.2 Å². The molecule has 2 aromatic carbocycles. The molecule has 4 aromatic rings. The van der Waals surface area contributed by atoms with Gasteiger partial charge in [0.15, 0.2) is 0 Å². The van der Waals surface area contributed by atoms with Crippen LogP contribution in [-0.2, 0) is 17.6 Å². The highest BCUT2D eigenvalue weighted by molar-refractivity contribution is 7.18. The molecule has 1 saturated carbocycles. The van der Waals surface area contributed by atoms with Gasteiger partial charge < -0.3 is 9.73 Å². The summed E-state index contributed by atoms with van der Waals surface area (Å²) in [5, 5.41) is 12.1. The minimum Gasteiger partial charge on any atom is -0.424 e. The molecule has 2 heterocycles. The highest BCUT2D eigenvalue weighted by atomic mass is 32.1. The molecular formula is C23H22N4O2S. The summed E-state index contributed by atoms with van der Waals surface area (Å²) in [6.07, 6.45) is 5.09. The lowest BCUT2D eigenvalue weighted by atomic mass is 10.1. The Balaban J connectivity index is 1.26. The molecule has 0 bridgehead atoms. The predicted octanol–water partition coefficient (Wildman–Crippen LogP) is 4.54. The van der Waals surface area contributed by atoms with Gasteiger partial charge in [0.25, 0.3) is 0 Å². The van der Waals surface area contributed by atoms with Crippen LogP contribution in [0.15, 0.2) is 52.9 Å². The number of fused-ring (bicyclic) bond motifs is 1. The Morgan fingerprint density at radius 2 is 1.83 bits per heavy atom. The largest absolute Gasteiger partial charge is 0.424 e. The van der Waals surface area contributed by atoms with E-state index >= 15 is 0 Å². The van der Waals surface area contributed by atoms with Crippen LogP contribution in [0.1, 0.15) is 42.5 Å². The fraction of sp³-hybridized carbons (Fsp3) is 0.304. The van der Waals surface area contributed by atoms with Gasteiger partial charge in [0.1, 0.15) is 11.4 Å². The summed E-state index contributed by atoms with van der Waals surface area (Å²) >= 11 is 1.63. The Hall–Kier alpha value is -3.06. The van der Waals surface area contributed by atoms with Crippen molar-refractivity contribution in [1.29, 1.82) is 0 Å². The second-order valence-electron chi connectivity index (χ2n) is 7.65. The van der Waals surface area contributed by atoms with E-state index in [1.165, 1.54) is 24.0 Å². The second kappa shape index (κ2) is 8.36. The number of thiazole rings is 1. The van der Waals surface area contributed by atoms with Gasteiger partial charge in [-0.25, -0.2) is 4.98 Å². The van der Waals surface area contributed by atoms with Crippen molar-refractivity contribution in [2.45, 2.75) is 44.6 Å². The molecule has 1 aliphatic carbocycles. The molecule has 0 saturated heterocycles. The van der Waals surface area contributed by atoms with Gasteiger partial charge in [-0.15, -0.1) is 21.5 Å². The van der Waals surface area contributed by atoms with Gasteiger partial charge >= 0.3 is 0 Å². The Morgan fingerprint density at radius 3 is 2.67 bits per heavy atom. The van der Waals surface area contributed by atoms with Gasteiger partial charge in [0.05, 0.1) is 16.6 Å². The second-order valence-corrected chi connectivity index (χ2v) is 8.76. The monoisotopic (exact) mass is 418 g/mol. The number of amides is 1. The number of nitrogens with zero attached hydrogens (tertiary/aromatic N) is 3. The molecular weight excluding hydrogens is 396 g/mol. The van der Waals surface area contributed by atoms with Crippen molar-refractivity contribution in [3.63, 3.8) is 0 Å². The van der Waals surface area contributed by atoms with Crippen LogP contribution < -0.4 is 5.32 Å². The first-order valence-corrected chi connectivity index (χ1v) is 11.1. The molecule has 5 rings (SSSR count). The van der Waals surface area contributed by atoms with E-state index in [0.717, 1.165) is 28.1 Å². The summed E-state index contributed by atoms with van der Waals surface area (Å²) in [5.41, 5.74) is 3.32. The summed E-state index contributed by atoms with van der Waals surface area (Å²) in [6.45, 7) is 0. The molecule has 152 valence electrons. The summed E-state index contributed by atoms with van der Waals surface area (Å²) < 4.78 is 6.82. The molecule has 0 unspecified atom stereocenters. The molecule has 0 radical (unpaired) electrons. The minimum absolute atomic E-state index is 0.0504. The van der Waals surface area contributed by atoms with Crippen LogP contribution in [0.4, 0.5) is 0 Å². The third-order valence-electron chi connectivity index (χ3n) is 5.38. The lowest BCUT2D eigenvalue weighted by Gasteiger charge is -2.10. The van der Waals surface area contributed by atoms with E-state index in [4.69, 9.17) is 9.40 Å². The van der Waals surface area contributed by atoms with Crippen LogP contribution in [-0.4, -0.2) is 27.1 Å². The summed E-state index contributed by atoms with van der Waals surface area (Å²) in [5.74, 6) is 0.791. The van der Waals surface area contributed by atoms with Gasteiger partial charge in [-0.3, -0.25) is 4.79 Å². The number of rotatable bonds is 6. The summed E-state index contributed by atoms with van der Waals surface area (Å²) in [6, 6.07) is 16.9. The lowest BCUT2D eigenvalue weighted by molar-refractivity contribution is -0.121. The number of benzene rings is 2. The Kier molecular flexibility index (Phi) is 5.27. The van der Waals surface area contributed by atoms with Crippen LogP contribution in [0.2, 0.25) is 0 Å². The van der Waals surface area contributed by atoms with E-state index < -0.39 is 0 Å². The molecule has 1 aliphatic rings. The Morgan fingerprint density at radius 1 is 1.03 bits per heavy atom. The van der Waals surface area contributed by atoms with E-state index in [-0.39, 0.29) is 12.3 Å². The van der Waals surface area contributed by atoms with Gasteiger partial charge in [0.2, 0.25) is 17.7 Å². The van der Waals surface area contributed by atoms with Crippen LogP contribution in [0.25, 0.3) is 21.3 Å². The van der Waals surface area contributed by atoms with E-state index in [2.05, 4.69) is 39.8 Å². The molecule has 0 atom stereocenters. The smallest absolute Gasteiger partial charge is 0.229 e. The van der Waals surface area contributed by atoms with Crippen molar-refractivity contribution < 1.29 is 9.21 Å². The zero-order valence-electron chi connectivity index (χ0n) is 16.5. The molecule has 6 nitrogen and oxygen atoms in total. The molecule has 0 aliphatic heterocycles. The Labute approximate surface area is 178 Å². The third kappa shape index (κ3) is 4.26. The average Bonchev–Trinajstić information content (AvgIpc) is 3.50. The van der Waals surface area contributed by atoms with Crippen molar-refractivity contribution in [2.75, 3.05) is 0 Å². The third-order valence-corrected chi connectivity index (χ3v) is 6.40. The Bertz CT molecular complexity index is 1160. The topological polar surface area (TPSA) is 80.9 Å². The van der Waals surface area contributed by atoms with Crippen LogP contribution in [0, 0.1) is 0 Å². The van der Waals surface area contributed by atoms with Crippen LogP contribution >= 0.6 is 11.3 Å². The van der Waals surface area contributed by atoms with Crippen molar-refractivity contribution in [1.82, 2.24) is 20.5 Å². The van der Waals surface area contributed by atoms with E-state index in [0.29, 0.717) is 24.2 Å². The first-order valence-electron chi connectivity index (χ1n) is 10.3. The maximum atomic E-state index is 12.2. The van der Waals surface area contributed by atoms with E-state index in [1.54, 1.807) is 11.3 Å². The molecule has 2 aromatic heterocycles. The standard InChI is InChI=1S/C23H22N4O2S/c28-20(24-17-8-4-5-9-17)13-21-26-27-22(29-21)14-23-25-18-11-10-16(12-19(18)30-23)15-6-2-1-3-7-15/h1-3,6-7,10-12,17H,4-5,8-9,13-14H2,(H,24,28). The fourth-order valence-electron chi connectivity index (χ4n) is 3.90. The first-order chi connectivity index (χ1) is 14.7. The van der Waals surface area contributed by atoms with Gasteiger partial charge in [0, 0.05) is 6.04 Å². The molecule has 1 N–H and O–H groups in total. The number of carbonyl (C=O) groups is 1. The zero-order valence-corrected chi connectivity index (χ0v) is 17.3. The van der Waals surface area contributed by atoms with Crippen LogP contribution in [0.5, 0.6) is 0 Å². The average molecular weight is 419 g/mol. The molecule has 0 spiro atoms. The van der Waals surface area contributed by atoms with Gasteiger partial charge in [-0.05, 0) is 36.1 Å². The first kappa shape index (κ1) is 18.9. The summed E-state index contributed by atoms with van der Waals surface area (Å²) in [7, 11) is 0. The maximum Gasteiger partial charge on any atom is 0.229 e. The van der Waals surface area contributed by atoms with E-state index in [9.17, 15) is 4.79 Å². The van der Waals surface area contributed by atoms with Crippen molar-refractivity contribution in [3.8, 4) is 11.1 Å². The molecule has 1 fully saturated rings. The SMILES string of the molecule is O=C(Cc1nnc(Cc2nc3ccc(-c4ccccc4)cc3s2)o1)NC1CCCC1. The number of nitrogens with one attached hydrogen (secondary N) is 1. The van der Waals surface area contributed by atoms with Crippen molar-refractivity contribution in [2.24, 2.45) is 0 Å². The molecule has 1 amide bonds. The van der Waals surface area contributed by atoms with Crippen molar-refractivity contribution in [3.05, 3.63) is 65.3 Å². The minimum atomic E-state index is -0.0504. The quantitative estimate of drug-likeness (QED) is 0.497. The summed E-state index contributed by atoms with van der Waals surface area (Å²) in [4.78, 5) is 16.8. The normalized spacial score (nSPS) is 14.4. The highest BCUT2D eigenvalue weighted by Crippen LogP contribution is 2.29. The fourth-order valence-corrected chi connectivity index (χ4v) is 4.90. The lowest BCUT2D eigenvalue weighted by Crippen LogP contribution is -2.33. The molecule has 30 heavy (non-hydrogen) atoms. The maximum absolute atomic E-state index is 12.2. The highest BCUT2D eigenvalue weighted by Gasteiger charge is 2.19. The predicted molar refractivity (Wildman–Crippen MR) is 116 cm³/mol. The van der Waals surface area contributed by atoms with Crippen molar-refractivity contribution >= 4 is 27.5 Å². The van der Waals surface area contributed by atoms with Crippen LogP contribution in [0.3, 0.4) is 0 Å². The van der Waals surface area contributed by atoms with Gasteiger partial charge in [-0.2, -0.15) is 0 Å². The van der Waals surface area contributed by atoms with E-state index in [1.807, 2.05) is 24.3 Å².